The van der Waals surface area contributed by atoms with E-state index in [0.29, 0.717) is 0 Å². The van der Waals surface area contributed by atoms with Crippen molar-refractivity contribution in [2.45, 2.75) is 91.4 Å². The molecule has 0 heteroatoms. The van der Waals surface area contributed by atoms with Crippen molar-refractivity contribution in [1.29, 1.82) is 0 Å². The number of hydrogen-bond acceptors (Lipinski definition) is 0. The highest BCUT2D eigenvalue weighted by molar-refractivity contribution is 4.81. The summed E-state index contributed by atoms with van der Waals surface area (Å²) >= 11 is 0. The van der Waals surface area contributed by atoms with Crippen LogP contribution in [-0.4, -0.2) is 0 Å². The molecular weight excluding hydrogens is 204 g/mol. The molecule has 0 spiro atoms. The van der Waals surface area contributed by atoms with Gasteiger partial charge in [0.05, 0.1) is 0 Å². The summed E-state index contributed by atoms with van der Waals surface area (Å²) in [6.45, 7) is 7.12. The molecule has 0 aromatic rings. The van der Waals surface area contributed by atoms with Gasteiger partial charge >= 0.3 is 0 Å². The van der Waals surface area contributed by atoms with Crippen molar-refractivity contribution in [3.8, 4) is 0 Å². The fourth-order valence-electron chi connectivity index (χ4n) is 3.04. The Hall–Kier alpha value is 0. The van der Waals surface area contributed by atoms with Gasteiger partial charge in [0, 0.05) is 0 Å². The zero-order valence-electron chi connectivity index (χ0n) is 12.5. The lowest BCUT2D eigenvalue weighted by Crippen LogP contribution is -1.93. The Balaban J connectivity index is 1.72. The van der Waals surface area contributed by atoms with Crippen molar-refractivity contribution in [1.82, 2.24) is 0 Å². The standard InChI is InChI=1S/C17H34/c1-4-11-15(2)12-9-7-5-6-8-10-13-17-14-16(17)3/h15-17H,4-14H2,1-3H3. The molecule has 3 unspecified atom stereocenters. The van der Waals surface area contributed by atoms with E-state index in [1.807, 2.05) is 0 Å². The smallest absolute Gasteiger partial charge is 0.0386 e. The van der Waals surface area contributed by atoms with E-state index in [9.17, 15) is 0 Å². The molecule has 0 aromatic carbocycles. The van der Waals surface area contributed by atoms with E-state index in [-0.39, 0.29) is 0 Å². The first kappa shape index (κ1) is 15.1. The summed E-state index contributed by atoms with van der Waals surface area (Å²) in [5.74, 6) is 3.15. The first-order valence-electron chi connectivity index (χ1n) is 8.24. The van der Waals surface area contributed by atoms with Crippen LogP contribution < -0.4 is 0 Å². The van der Waals surface area contributed by atoms with Gasteiger partial charge in [0.25, 0.3) is 0 Å². The Morgan fingerprint density at radius 1 is 0.941 bits per heavy atom. The molecule has 0 aliphatic heterocycles. The maximum atomic E-state index is 2.42. The van der Waals surface area contributed by atoms with Gasteiger partial charge < -0.3 is 0 Å². The lowest BCUT2D eigenvalue weighted by Gasteiger charge is -2.09. The van der Waals surface area contributed by atoms with Crippen molar-refractivity contribution in [3.05, 3.63) is 0 Å². The summed E-state index contributed by atoms with van der Waals surface area (Å²) in [4.78, 5) is 0. The lowest BCUT2D eigenvalue weighted by molar-refractivity contribution is 0.449. The summed E-state index contributed by atoms with van der Waals surface area (Å²) in [5, 5.41) is 0. The molecule has 17 heavy (non-hydrogen) atoms. The SMILES string of the molecule is CCCC(C)CCCCCCCCC1CC1C. The Bertz CT molecular complexity index is 173. The zero-order valence-corrected chi connectivity index (χ0v) is 12.5. The van der Waals surface area contributed by atoms with E-state index >= 15 is 0 Å². The molecule has 102 valence electrons. The van der Waals surface area contributed by atoms with Gasteiger partial charge in [0.15, 0.2) is 0 Å². The van der Waals surface area contributed by atoms with Gasteiger partial charge in [-0.3, -0.25) is 0 Å². The van der Waals surface area contributed by atoms with E-state index in [1.54, 1.807) is 0 Å². The second-order valence-corrected chi connectivity index (χ2v) is 6.57. The fourth-order valence-corrected chi connectivity index (χ4v) is 3.04. The first-order valence-corrected chi connectivity index (χ1v) is 8.24. The summed E-state index contributed by atoms with van der Waals surface area (Å²) in [5.41, 5.74) is 0. The summed E-state index contributed by atoms with van der Waals surface area (Å²) in [6.07, 6.45) is 16.2. The van der Waals surface area contributed by atoms with Gasteiger partial charge in [0.2, 0.25) is 0 Å². The molecule has 0 saturated heterocycles. The van der Waals surface area contributed by atoms with Gasteiger partial charge in [-0.15, -0.1) is 0 Å². The van der Waals surface area contributed by atoms with E-state index in [2.05, 4.69) is 20.8 Å². The molecular formula is C17H34. The van der Waals surface area contributed by atoms with E-state index in [0.717, 1.165) is 17.8 Å². The average Bonchev–Trinajstić information content (AvgIpc) is 2.99. The van der Waals surface area contributed by atoms with Crippen LogP contribution in [0.4, 0.5) is 0 Å². The average molecular weight is 238 g/mol. The first-order chi connectivity index (χ1) is 8.24. The van der Waals surface area contributed by atoms with Gasteiger partial charge in [-0.25, -0.2) is 0 Å². The van der Waals surface area contributed by atoms with Gasteiger partial charge in [-0.1, -0.05) is 85.0 Å². The van der Waals surface area contributed by atoms with Crippen LogP contribution in [0.3, 0.4) is 0 Å². The van der Waals surface area contributed by atoms with Crippen molar-refractivity contribution in [2.75, 3.05) is 0 Å². The summed E-state index contributed by atoms with van der Waals surface area (Å²) < 4.78 is 0. The summed E-state index contributed by atoms with van der Waals surface area (Å²) in [7, 11) is 0. The van der Waals surface area contributed by atoms with Crippen LogP contribution >= 0.6 is 0 Å². The van der Waals surface area contributed by atoms with Crippen LogP contribution in [0.2, 0.25) is 0 Å². The van der Waals surface area contributed by atoms with Crippen LogP contribution in [0.15, 0.2) is 0 Å². The van der Waals surface area contributed by atoms with Gasteiger partial charge in [0.1, 0.15) is 0 Å². The number of rotatable bonds is 11. The van der Waals surface area contributed by atoms with Gasteiger partial charge in [-0.2, -0.15) is 0 Å². The van der Waals surface area contributed by atoms with Crippen LogP contribution in [0.1, 0.15) is 91.4 Å². The van der Waals surface area contributed by atoms with Crippen LogP contribution in [0.25, 0.3) is 0 Å². The summed E-state index contributed by atoms with van der Waals surface area (Å²) in [6, 6.07) is 0. The van der Waals surface area contributed by atoms with Crippen molar-refractivity contribution in [2.24, 2.45) is 17.8 Å². The highest BCUT2D eigenvalue weighted by Gasteiger charge is 2.31. The lowest BCUT2D eigenvalue weighted by atomic mass is 9.98. The zero-order chi connectivity index (χ0) is 12.5. The number of unbranched alkanes of at least 4 members (excludes halogenated alkanes) is 5. The Labute approximate surface area is 110 Å². The van der Waals surface area contributed by atoms with Crippen LogP contribution in [0, 0.1) is 17.8 Å². The predicted octanol–water partition coefficient (Wildman–Crippen LogP) is 6.20. The minimum absolute atomic E-state index is 0.969. The second-order valence-electron chi connectivity index (χ2n) is 6.57. The fraction of sp³-hybridized carbons (Fsp3) is 1.00. The van der Waals surface area contributed by atoms with Crippen LogP contribution in [0.5, 0.6) is 0 Å². The molecule has 0 N–H and O–H groups in total. The molecule has 0 heterocycles. The molecule has 0 nitrogen and oxygen atoms in total. The third kappa shape index (κ3) is 7.84. The van der Waals surface area contributed by atoms with E-state index in [1.165, 1.54) is 70.6 Å². The van der Waals surface area contributed by atoms with Crippen molar-refractivity contribution in [3.63, 3.8) is 0 Å². The second kappa shape index (κ2) is 9.00. The molecule has 1 aliphatic rings. The minimum Gasteiger partial charge on any atom is -0.0654 e. The number of hydrogen-bond donors (Lipinski definition) is 0. The Morgan fingerprint density at radius 2 is 1.53 bits per heavy atom. The molecule has 0 aromatic heterocycles. The maximum Gasteiger partial charge on any atom is -0.0386 e. The molecule has 1 fully saturated rings. The molecule has 0 amide bonds. The predicted molar refractivity (Wildman–Crippen MR) is 78.3 cm³/mol. The molecule has 1 aliphatic carbocycles. The normalized spacial score (nSPS) is 24.9. The molecule has 1 saturated carbocycles. The highest BCUT2D eigenvalue weighted by atomic mass is 14.4. The van der Waals surface area contributed by atoms with E-state index < -0.39 is 0 Å². The monoisotopic (exact) mass is 238 g/mol. The van der Waals surface area contributed by atoms with Crippen molar-refractivity contribution >= 4 is 0 Å². The topological polar surface area (TPSA) is 0 Å². The Kier molecular flexibility index (Phi) is 7.97. The minimum atomic E-state index is 0.969. The third-order valence-corrected chi connectivity index (χ3v) is 4.58. The highest BCUT2D eigenvalue weighted by Crippen LogP contribution is 2.41. The maximum absolute atomic E-state index is 2.42. The molecule has 0 bridgehead atoms. The Morgan fingerprint density at radius 3 is 2.12 bits per heavy atom. The quantitative estimate of drug-likeness (QED) is 0.376. The van der Waals surface area contributed by atoms with Crippen LogP contribution in [-0.2, 0) is 0 Å². The molecule has 1 rings (SSSR count). The van der Waals surface area contributed by atoms with Crippen molar-refractivity contribution < 1.29 is 0 Å². The molecule has 3 atom stereocenters. The van der Waals surface area contributed by atoms with Gasteiger partial charge in [-0.05, 0) is 24.2 Å². The van der Waals surface area contributed by atoms with E-state index in [4.69, 9.17) is 0 Å². The largest absolute Gasteiger partial charge is 0.0654 e. The third-order valence-electron chi connectivity index (χ3n) is 4.58. The molecule has 0 radical (unpaired) electrons.